The fourth-order valence-electron chi connectivity index (χ4n) is 3.39. The molecule has 1 aliphatic heterocycles. The van der Waals surface area contributed by atoms with Gasteiger partial charge in [-0.2, -0.15) is 4.31 Å². The number of carbonyl (C=O) groups excluding carboxylic acids is 1. The van der Waals surface area contributed by atoms with Crippen molar-refractivity contribution in [3.8, 4) is 11.3 Å². The number of hydrogen-bond acceptors (Lipinski definition) is 5. The Morgan fingerprint density at radius 3 is 2.33 bits per heavy atom. The molecule has 0 saturated carbocycles. The minimum atomic E-state index is -3.50. The molecule has 1 amide bonds. The summed E-state index contributed by atoms with van der Waals surface area (Å²) in [5.41, 5.74) is 3.36. The van der Waals surface area contributed by atoms with Gasteiger partial charge >= 0.3 is 0 Å². The number of thiazole rings is 1. The molecule has 2 aromatic carbocycles. The van der Waals surface area contributed by atoms with Crippen molar-refractivity contribution >= 4 is 32.4 Å². The van der Waals surface area contributed by atoms with Crippen molar-refractivity contribution in [3.63, 3.8) is 0 Å². The molecule has 2 heterocycles. The van der Waals surface area contributed by atoms with Gasteiger partial charge in [0.25, 0.3) is 5.91 Å². The molecular weight excluding hydrogens is 418 g/mol. The number of benzene rings is 2. The molecule has 6 nitrogen and oxygen atoms in total. The van der Waals surface area contributed by atoms with Crippen molar-refractivity contribution in [1.29, 1.82) is 0 Å². The van der Waals surface area contributed by atoms with Crippen LogP contribution in [-0.4, -0.2) is 36.7 Å². The summed E-state index contributed by atoms with van der Waals surface area (Å²) >= 11 is 1.35. The largest absolute Gasteiger partial charge is 0.298 e. The van der Waals surface area contributed by atoms with Crippen LogP contribution < -0.4 is 5.32 Å². The van der Waals surface area contributed by atoms with Gasteiger partial charge in [-0.3, -0.25) is 10.1 Å². The average Bonchev–Trinajstić information content (AvgIpc) is 3.23. The minimum Gasteiger partial charge on any atom is -0.298 e. The van der Waals surface area contributed by atoms with Gasteiger partial charge in [-0.25, -0.2) is 13.4 Å². The molecule has 0 aliphatic carbocycles. The van der Waals surface area contributed by atoms with Gasteiger partial charge in [-0.1, -0.05) is 36.2 Å². The number of anilines is 1. The van der Waals surface area contributed by atoms with E-state index in [0.717, 1.165) is 30.5 Å². The van der Waals surface area contributed by atoms with Crippen LogP contribution in [0.3, 0.4) is 0 Å². The number of amides is 1. The van der Waals surface area contributed by atoms with Crippen molar-refractivity contribution in [2.45, 2.75) is 31.1 Å². The Morgan fingerprint density at radius 1 is 1.00 bits per heavy atom. The van der Waals surface area contributed by atoms with Crippen molar-refractivity contribution in [3.05, 3.63) is 65.0 Å². The lowest BCUT2D eigenvalue weighted by atomic mass is 10.1. The first-order valence-electron chi connectivity index (χ1n) is 9.88. The monoisotopic (exact) mass is 441 g/mol. The van der Waals surface area contributed by atoms with Crippen LogP contribution in [0, 0.1) is 6.92 Å². The molecule has 1 fully saturated rings. The Bertz CT molecular complexity index is 1130. The number of carbonyl (C=O) groups is 1. The van der Waals surface area contributed by atoms with Crippen LogP contribution in [0.2, 0.25) is 0 Å². The zero-order chi connectivity index (χ0) is 21.1. The molecule has 0 atom stereocenters. The van der Waals surface area contributed by atoms with E-state index < -0.39 is 10.0 Å². The van der Waals surface area contributed by atoms with Crippen molar-refractivity contribution in [2.24, 2.45) is 0 Å². The molecule has 0 radical (unpaired) electrons. The lowest BCUT2D eigenvalue weighted by molar-refractivity contribution is 0.102. The lowest BCUT2D eigenvalue weighted by Gasteiger charge is -2.25. The second-order valence-electron chi connectivity index (χ2n) is 7.35. The van der Waals surface area contributed by atoms with Crippen LogP contribution in [0.5, 0.6) is 0 Å². The van der Waals surface area contributed by atoms with Crippen LogP contribution in [0.15, 0.2) is 58.8 Å². The number of sulfonamides is 1. The standard InChI is InChI=1S/C22H23N3O3S2/c1-16-5-7-17(8-6-16)20-15-29-22(23-20)24-21(26)18-9-11-19(12-10-18)30(27,28)25-13-3-2-4-14-25/h5-12,15H,2-4,13-14H2,1H3,(H,23,24,26). The highest BCUT2D eigenvalue weighted by Crippen LogP contribution is 2.26. The molecule has 8 heteroatoms. The van der Waals surface area contributed by atoms with Crippen LogP contribution in [0.25, 0.3) is 11.3 Å². The summed E-state index contributed by atoms with van der Waals surface area (Å²) in [6.07, 6.45) is 2.84. The highest BCUT2D eigenvalue weighted by Gasteiger charge is 2.26. The Morgan fingerprint density at radius 2 is 1.67 bits per heavy atom. The predicted octanol–water partition coefficient (Wildman–Crippen LogP) is 4.55. The molecule has 1 aliphatic rings. The number of piperidine rings is 1. The Kier molecular flexibility index (Phi) is 5.99. The summed E-state index contributed by atoms with van der Waals surface area (Å²) in [6.45, 7) is 3.13. The quantitative estimate of drug-likeness (QED) is 0.630. The number of nitrogens with zero attached hydrogens (tertiary/aromatic N) is 2. The topological polar surface area (TPSA) is 79.4 Å². The average molecular weight is 442 g/mol. The first-order chi connectivity index (χ1) is 14.4. The number of rotatable bonds is 5. The van der Waals surface area contributed by atoms with Crippen LogP contribution in [-0.2, 0) is 10.0 Å². The zero-order valence-corrected chi connectivity index (χ0v) is 18.3. The number of nitrogens with one attached hydrogen (secondary N) is 1. The van der Waals surface area contributed by atoms with Gasteiger partial charge < -0.3 is 0 Å². The molecule has 0 bridgehead atoms. The van der Waals surface area contributed by atoms with E-state index in [1.165, 1.54) is 33.3 Å². The summed E-state index contributed by atoms with van der Waals surface area (Å²) in [5, 5.41) is 5.19. The van der Waals surface area contributed by atoms with E-state index in [1.54, 1.807) is 12.1 Å². The van der Waals surface area contributed by atoms with Gasteiger partial charge in [0, 0.05) is 29.6 Å². The fraction of sp³-hybridized carbons (Fsp3) is 0.273. The Hall–Kier alpha value is -2.55. The maximum absolute atomic E-state index is 12.7. The van der Waals surface area contributed by atoms with Gasteiger partial charge in [0.05, 0.1) is 10.6 Å². The third-order valence-electron chi connectivity index (χ3n) is 5.14. The number of aryl methyl sites for hydroxylation is 1. The second-order valence-corrected chi connectivity index (χ2v) is 10.1. The highest BCUT2D eigenvalue weighted by molar-refractivity contribution is 7.89. The van der Waals surface area contributed by atoms with Gasteiger partial charge in [0.2, 0.25) is 10.0 Å². The first kappa shape index (κ1) is 20.7. The lowest BCUT2D eigenvalue weighted by Crippen LogP contribution is -2.35. The third-order valence-corrected chi connectivity index (χ3v) is 7.81. The molecule has 0 unspecified atom stereocenters. The zero-order valence-electron chi connectivity index (χ0n) is 16.7. The van der Waals surface area contributed by atoms with Gasteiger partial charge in [0.1, 0.15) is 0 Å². The molecule has 1 N–H and O–H groups in total. The first-order valence-corrected chi connectivity index (χ1v) is 12.2. The third kappa shape index (κ3) is 4.45. The maximum Gasteiger partial charge on any atom is 0.257 e. The Balaban J connectivity index is 1.45. The molecule has 3 aromatic rings. The normalized spacial score (nSPS) is 15.1. The predicted molar refractivity (Wildman–Crippen MR) is 119 cm³/mol. The van der Waals surface area contributed by atoms with Crippen molar-refractivity contribution < 1.29 is 13.2 Å². The summed E-state index contributed by atoms with van der Waals surface area (Å²) in [7, 11) is -3.50. The van der Waals surface area contributed by atoms with E-state index in [0.29, 0.717) is 23.8 Å². The van der Waals surface area contributed by atoms with E-state index in [-0.39, 0.29) is 10.8 Å². The maximum atomic E-state index is 12.7. The second kappa shape index (κ2) is 8.67. The fourth-order valence-corrected chi connectivity index (χ4v) is 5.62. The summed E-state index contributed by atoms with van der Waals surface area (Å²) in [4.78, 5) is 17.3. The van der Waals surface area contributed by atoms with E-state index in [9.17, 15) is 13.2 Å². The molecule has 1 aromatic heterocycles. The highest BCUT2D eigenvalue weighted by atomic mass is 32.2. The van der Waals surface area contributed by atoms with Crippen LogP contribution in [0.1, 0.15) is 35.2 Å². The summed E-state index contributed by atoms with van der Waals surface area (Å²) < 4.78 is 27.0. The number of hydrogen-bond donors (Lipinski definition) is 1. The smallest absolute Gasteiger partial charge is 0.257 e. The molecule has 4 rings (SSSR count). The van der Waals surface area contributed by atoms with Crippen LogP contribution in [0.4, 0.5) is 5.13 Å². The van der Waals surface area contributed by atoms with E-state index in [2.05, 4.69) is 10.3 Å². The molecular formula is C22H23N3O3S2. The summed E-state index contributed by atoms with van der Waals surface area (Å²) in [5.74, 6) is -0.318. The SMILES string of the molecule is Cc1ccc(-c2csc(NC(=O)c3ccc(S(=O)(=O)N4CCCCC4)cc3)n2)cc1. The molecule has 30 heavy (non-hydrogen) atoms. The van der Waals surface area contributed by atoms with Crippen molar-refractivity contribution in [2.75, 3.05) is 18.4 Å². The Labute approximate surface area is 180 Å². The number of aromatic nitrogens is 1. The van der Waals surface area contributed by atoms with Gasteiger partial charge in [0.15, 0.2) is 5.13 Å². The molecule has 156 valence electrons. The molecule has 0 spiro atoms. The van der Waals surface area contributed by atoms with Crippen LogP contribution >= 0.6 is 11.3 Å². The summed E-state index contributed by atoms with van der Waals surface area (Å²) in [6, 6.07) is 14.1. The van der Waals surface area contributed by atoms with Gasteiger partial charge in [-0.05, 0) is 44.0 Å². The molecule has 1 saturated heterocycles. The van der Waals surface area contributed by atoms with E-state index in [1.807, 2.05) is 36.6 Å². The van der Waals surface area contributed by atoms with E-state index in [4.69, 9.17) is 0 Å². The van der Waals surface area contributed by atoms with Gasteiger partial charge in [-0.15, -0.1) is 11.3 Å². The minimum absolute atomic E-state index is 0.219. The van der Waals surface area contributed by atoms with Crippen molar-refractivity contribution in [1.82, 2.24) is 9.29 Å². The van der Waals surface area contributed by atoms with E-state index >= 15 is 0 Å².